The third-order valence-corrected chi connectivity index (χ3v) is 5.40. The molecule has 0 N–H and O–H groups in total. The summed E-state index contributed by atoms with van der Waals surface area (Å²) in [5, 5.41) is 0. The lowest BCUT2D eigenvalue weighted by Gasteiger charge is -2.25. The molecule has 0 fully saturated rings. The van der Waals surface area contributed by atoms with Crippen molar-refractivity contribution in [1.29, 1.82) is 0 Å². The lowest BCUT2D eigenvalue weighted by atomic mass is 10.2. The standard InChI is InChI=1S/C27H30N6/c1-5-14-28-24(10-1)20-32(21-25-11-2-6-15-29-25)18-9-19-33(22-26-12-3-7-16-30-26)23-27-13-4-8-17-31-27/h1-8,10-17H,9,18-23H2. The van der Waals surface area contributed by atoms with E-state index in [-0.39, 0.29) is 0 Å². The van der Waals surface area contributed by atoms with E-state index in [1.807, 2.05) is 73.3 Å². The first-order valence-corrected chi connectivity index (χ1v) is 11.4. The second-order valence-corrected chi connectivity index (χ2v) is 8.06. The third-order valence-electron chi connectivity index (χ3n) is 5.40. The van der Waals surface area contributed by atoms with Crippen molar-refractivity contribution in [1.82, 2.24) is 29.7 Å². The first-order valence-electron chi connectivity index (χ1n) is 11.4. The molecule has 0 atom stereocenters. The number of pyridine rings is 4. The van der Waals surface area contributed by atoms with E-state index in [0.717, 1.165) is 68.5 Å². The first kappa shape index (κ1) is 22.7. The Morgan fingerprint density at radius 2 is 0.727 bits per heavy atom. The van der Waals surface area contributed by atoms with Crippen molar-refractivity contribution in [3.05, 3.63) is 120 Å². The van der Waals surface area contributed by atoms with Crippen LogP contribution in [-0.4, -0.2) is 42.8 Å². The SMILES string of the molecule is c1ccc(CN(CCCN(Cc2ccccn2)Cc2ccccn2)Cc2ccccn2)nc1. The van der Waals surface area contributed by atoms with Crippen molar-refractivity contribution in [2.45, 2.75) is 32.6 Å². The maximum atomic E-state index is 4.53. The van der Waals surface area contributed by atoms with Gasteiger partial charge in [-0.15, -0.1) is 0 Å². The normalized spacial score (nSPS) is 11.2. The van der Waals surface area contributed by atoms with E-state index < -0.39 is 0 Å². The largest absolute Gasteiger partial charge is 0.292 e. The van der Waals surface area contributed by atoms with Crippen LogP contribution in [0.2, 0.25) is 0 Å². The van der Waals surface area contributed by atoms with Gasteiger partial charge in [0.15, 0.2) is 0 Å². The highest BCUT2D eigenvalue weighted by Gasteiger charge is 2.12. The van der Waals surface area contributed by atoms with Gasteiger partial charge >= 0.3 is 0 Å². The zero-order valence-electron chi connectivity index (χ0n) is 18.9. The molecule has 0 saturated carbocycles. The summed E-state index contributed by atoms with van der Waals surface area (Å²) in [6.07, 6.45) is 8.45. The fraction of sp³-hybridized carbons (Fsp3) is 0.259. The van der Waals surface area contributed by atoms with Gasteiger partial charge in [-0.25, -0.2) is 0 Å². The van der Waals surface area contributed by atoms with E-state index in [4.69, 9.17) is 0 Å². The van der Waals surface area contributed by atoms with Crippen LogP contribution in [0.4, 0.5) is 0 Å². The summed E-state index contributed by atoms with van der Waals surface area (Å²) in [6, 6.07) is 24.3. The maximum absolute atomic E-state index is 4.53. The minimum atomic E-state index is 0.803. The van der Waals surface area contributed by atoms with Crippen LogP contribution in [0.3, 0.4) is 0 Å². The van der Waals surface area contributed by atoms with Gasteiger partial charge in [0, 0.05) is 64.1 Å². The summed E-state index contributed by atoms with van der Waals surface area (Å²) < 4.78 is 0. The van der Waals surface area contributed by atoms with Crippen molar-refractivity contribution < 1.29 is 0 Å². The molecular formula is C27H30N6. The van der Waals surface area contributed by atoms with Gasteiger partial charge in [0.1, 0.15) is 0 Å². The summed E-state index contributed by atoms with van der Waals surface area (Å²) in [7, 11) is 0. The van der Waals surface area contributed by atoms with Crippen LogP contribution in [0.1, 0.15) is 29.2 Å². The minimum absolute atomic E-state index is 0.803. The highest BCUT2D eigenvalue weighted by molar-refractivity contribution is 5.07. The molecule has 0 aliphatic carbocycles. The molecule has 33 heavy (non-hydrogen) atoms. The highest BCUT2D eigenvalue weighted by Crippen LogP contribution is 2.11. The van der Waals surface area contributed by atoms with E-state index in [1.165, 1.54) is 0 Å². The van der Waals surface area contributed by atoms with Gasteiger partial charge < -0.3 is 0 Å². The minimum Gasteiger partial charge on any atom is -0.292 e. The average Bonchev–Trinajstić information content (AvgIpc) is 2.86. The Morgan fingerprint density at radius 1 is 0.424 bits per heavy atom. The van der Waals surface area contributed by atoms with E-state index in [1.54, 1.807) is 0 Å². The molecule has 0 unspecified atom stereocenters. The van der Waals surface area contributed by atoms with Crippen LogP contribution in [0.25, 0.3) is 0 Å². The summed E-state index contributed by atoms with van der Waals surface area (Å²) in [6.45, 7) is 5.12. The molecule has 4 aromatic heterocycles. The predicted molar refractivity (Wildman–Crippen MR) is 130 cm³/mol. The van der Waals surface area contributed by atoms with Gasteiger partial charge in [0.05, 0.1) is 22.8 Å². The summed E-state index contributed by atoms with van der Waals surface area (Å²) in [5.74, 6) is 0. The topological polar surface area (TPSA) is 58.0 Å². The summed E-state index contributed by atoms with van der Waals surface area (Å²) in [4.78, 5) is 22.9. The van der Waals surface area contributed by atoms with E-state index in [2.05, 4.69) is 54.0 Å². The average molecular weight is 439 g/mol. The summed E-state index contributed by atoms with van der Waals surface area (Å²) in [5.41, 5.74) is 4.30. The second kappa shape index (κ2) is 12.5. The van der Waals surface area contributed by atoms with Crippen LogP contribution in [-0.2, 0) is 26.2 Å². The molecule has 168 valence electrons. The number of rotatable bonds is 12. The van der Waals surface area contributed by atoms with Crippen molar-refractivity contribution >= 4 is 0 Å². The Bertz CT molecular complexity index is 875. The van der Waals surface area contributed by atoms with Gasteiger partial charge in [-0.1, -0.05) is 24.3 Å². The first-order chi connectivity index (χ1) is 16.3. The van der Waals surface area contributed by atoms with Crippen LogP contribution in [0.5, 0.6) is 0 Å². The summed E-state index contributed by atoms with van der Waals surface area (Å²) >= 11 is 0. The smallest absolute Gasteiger partial charge is 0.0544 e. The number of aromatic nitrogens is 4. The van der Waals surface area contributed by atoms with Crippen LogP contribution in [0, 0.1) is 0 Å². The number of nitrogens with zero attached hydrogens (tertiary/aromatic N) is 6. The molecule has 0 spiro atoms. The van der Waals surface area contributed by atoms with E-state index in [9.17, 15) is 0 Å². The molecule has 6 nitrogen and oxygen atoms in total. The number of hydrogen-bond donors (Lipinski definition) is 0. The highest BCUT2D eigenvalue weighted by atomic mass is 15.2. The Hall–Kier alpha value is -3.48. The molecule has 0 radical (unpaired) electrons. The van der Waals surface area contributed by atoms with Crippen molar-refractivity contribution in [3.63, 3.8) is 0 Å². The molecular weight excluding hydrogens is 408 g/mol. The fourth-order valence-electron chi connectivity index (χ4n) is 3.83. The number of hydrogen-bond acceptors (Lipinski definition) is 6. The van der Waals surface area contributed by atoms with Crippen LogP contribution in [0.15, 0.2) is 97.6 Å². The van der Waals surface area contributed by atoms with Gasteiger partial charge in [-0.2, -0.15) is 0 Å². The quantitative estimate of drug-likeness (QED) is 0.328. The molecule has 0 bridgehead atoms. The van der Waals surface area contributed by atoms with Crippen molar-refractivity contribution in [2.24, 2.45) is 0 Å². The maximum Gasteiger partial charge on any atom is 0.0544 e. The Labute approximate surface area is 196 Å². The molecule has 0 saturated heterocycles. The van der Waals surface area contributed by atoms with E-state index >= 15 is 0 Å². The molecule has 4 rings (SSSR count). The van der Waals surface area contributed by atoms with E-state index in [0.29, 0.717) is 0 Å². The van der Waals surface area contributed by atoms with Gasteiger partial charge in [0.2, 0.25) is 0 Å². The van der Waals surface area contributed by atoms with Crippen LogP contribution >= 0.6 is 0 Å². The molecule has 4 aromatic rings. The zero-order valence-corrected chi connectivity index (χ0v) is 18.9. The molecule has 6 heteroatoms. The van der Waals surface area contributed by atoms with Gasteiger partial charge in [-0.3, -0.25) is 29.7 Å². The van der Waals surface area contributed by atoms with Gasteiger partial charge in [0.25, 0.3) is 0 Å². The van der Waals surface area contributed by atoms with Crippen molar-refractivity contribution in [3.8, 4) is 0 Å². The fourth-order valence-corrected chi connectivity index (χ4v) is 3.83. The molecule has 0 aromatic carbocycles. The second-order valence-electron chi connectivity index (χ2n) is 8.06. The molecule has 4 heterocycles. The van der Waals surface area contributed by atoms with Crippen molar-refractivity contribution in [2.75, 3.05) is 13.1 Å². The predicted octanol–water partition coefficient (Wildman–Crippen LogP) is 4.36. The van der Waals surface area contributed by atoms with Gasteiger partial charge in [-0.05, 0) is 55.0 Å². The third kappa shape index (κ3) is 7.86. The monoisotopic (exact) mass is 438 g/mol. The Morgan fingerprint density at radius 3 is 0.970 bits per heavy atom. The molecule has 0 aliphatic heterocycles. The Kier molecular flexibility index (Phi) is 8.62. The zero-order chi connectivity index (χ0) is 22.6. The molecule has 0 aliphatic rings. The molecule has 0 amide bonds. The Balaban J connectivity index is 1.40. The van der Waals surface area contributed by atoms with Crippen LogP contribution < -0.4 is 0 Å². The lowest BCUT2D eigenvalue weighted by molar-refractivity contribution is 0.202. The lowest BCUT2D eigenvalue weighted by Crippen LogP contribution is -2.30.